The van der Waals surface area contributed by atoms with Gasteiger partial charge in [-0.1, -0.05) is 11.6 Å². The van der Waals surface area contributed by atoms with Crippen molar-refractivity contribution in [2.45, 2.75) is 12.8 Å². The van der Waals surface area contributed by atoms with Crippen LogP contribution in [0.5, 0.6) is 0 Å². The third kappa shape index (κ3) is 2.20. The van der Waals surface area contributed by atoms with E-state index in [1.165, 1.54) is 12.0 Å². The summed E-state index contributed by atoms with van der Waals surface area (Å²) in [7, 11) is 0. The molecule has 1 aromatic carbocycles. The molecule has 0 saturated carbocycles. The maximum Gasteiger partial charge on any atom is 0.0410 e. The topological polar surface area (TPSA) is 38.0 Å². The van der Waals surface area contributed by atoms with E-state index in [9.17, 15) is 0 Å². The summed E-state index contributed by atoms with van der Waals surface area (Å²) in [6.45, 7) is 2.23. The lowest BCUT2D eigenvalue weighted by Gasteiger charge is -2.10. The SMILES string of the molecule is Nc1ccc(Cl)cc1CC1CCNC1. The summed E-state index contributed by atoms with van der Waals surface area (Å²) in [5, 5.41) is 4.13. The molecule has 1 unspecified atom stereocenters. The average molecular weight is 211 g/mol. The van der Waals surface area contributed by atoms with Crippen LogP contribution < -0.4 is 11.1 Å². The molecule has 2 rings (SSSR count). The van der Waals surface area contributed by atoms with Crippen LogP contribution in [0.15, 0.2) is 18.2 Å². The van der Waals surface area contributed by atoms with Crippen molar-refractivity contribution in [3.05, 3.63) is 28.8 Å². The van der Waals surface area contributed by atoms with Crippen LogP contribution in [0.1, 0.15) is 12.0 Å². The molecule has 1 heterocycles. The smallest absolute Gasteiger partial charge is 0.0410 e. The van der Waals surface area contributed by atoms with Crippen molar-refractivity contribution in [3.8, 4) is 0 Å². The highest BCUT2D eigenvalue weighted by molar-refractivity contribution is 6.30. The van der Waals surface area contributed by atoms with Crippen molar-refractivity contribution in [2.24, 2.45) is 5.92 Å². The maximum atomic E-state index is 5.93. The Labute approximate surface area is 89.4 Å². The fraction of sp³-hybridized carbons (Fsp3) is 0.455. The van der Waals surface area contributed by atoms with Gasteiger partial charge in [-0.3, -0.25) is 0 Å². The van der Waals surface area contributed by atoms with E-state index in [0.717, 1.165) is 36.1 Å². The second-order valence-electron chi connectivity index (χ2n) is 3.91. The molecule has 14 heavy (non-hydrogen) atoms. The molecule has 1 aliphatic rings. The molecule has 0 radical (unpaired) electrons. The zero-order valence-electron chi connectivity index (χ0n) is 8.09. The van der Waals surface area contributed by atoms with Crippen molar-refractivity contribution in [1.82, 2.24) is 5.32 Å². The van der Waals surface area contributed by atoms with Crippen LogP contribution in [-0.4, -0.2) is 13.1 Å². The van der Waals surface area contributed by atoms with E-state index < -0.39 is 0 Å². The van der Waals surface area contributed by atoms with Crippen LogP contribution in [-0.2, 0) is 6.42 Å². The Morgan fingerprint density at radius 3 is 3.07 bits per heavy atom. The fourth-order valence-corrected chi connectivity index (χ4v) is 2.15. The van der Waals surface area contributed by atoms with Crippen molar-refractivity contribution in [1.29, 1.82) is 0 Å². The molecule has 0 bridgehead atoms. The molecule has 1 aliphatic heterocycles. The first kappa shape index (κ1) is 9.81. The first-order valence-electron chi connectivity index (χ1n) is 5.00. The van der Waals surface area contributed by atoms with Gasteiger partial charge in [-0.2, -0.15) is 0 Å². The molecule has 2 nitrogen and oxygen atoms in total. The molecule has 1 saturated heterocycles. The van der Waals surface area contributed by atoms with Crippen molar-refractivity contribution < 1.29 is 0 Å². The fourth-order valence-electron chi connectivity index (χ4n) is 1.95. The predicted octanol–water partition coefficient (Wildman–Crippen LogP) is 2.07. The number of rotatable bonds is 2. The first-order chi connectivity index (χ1) is 6.75. The van der Waals surface area contributed by atoms with Crippen LogP contribution in [0.4, 0.5) is 5.69 Å². The van der Waals surface area contributed by atoms with Crippen molar-refractivity contribution >= 4 is 17.3 Å². The number of hydrogen-bond acceptors (Lipinski definition) is 2. The zero-order valence-corrected chi connectivity index (χ0v) is 8.85. The highest BCUT2D eigenvalue weighted by atomic mass is 35.5. The van der Waals surface area contributed by atoms with E-state index in [-0.39, 0.29) is 0 Å². The molecule has 0 spiro atoms. The van der Waals surface area contributed by atoms with Gasteiger partial charge in [0.2, 0.25) is 0 Å². The molecule has 3 N–H and O–H groups in total. The number of benzene rings is 1. The third-order valence-corrected chi connectivity index (χ3v) is 3.01. The van der Waals surface area contributed by atoms with Crippen LogP contribution in [0.3, 0.4) is 0 Å². The van der Waals surface area contributed by atoms with E-state index in [2.05, 4.69) is 5.32 Å². The summed E-state index contributed by atoms with van der Waals surface area (Å²) in [6.07, 6.45) is 2.28. The minimum atomic E-state index is 0.718. The number of anilines is 1. The molecule has 1 fully saturated rings. The number of hydrogen-bond donors (Lipinski definition) is 2. The summed E-state index contributed by atoms with van der Waals surface area (Å²) < 4.78 is 0. The molecule has 1 atom stereocenters. The Morgan fingerprint density at radius 1 is 1.50 bits per heavy atom. The van der Waals surface area contributed by atoms with Crippen molar-refractivity contribution in [2.75, 3.05) is 18.8 Å². The van der Waals surface area contributed by atoms with Gasteiger partial charge in [-0.25, -0.2) is 0 Å². The number of nitrogens with two attached hydrogens (primary N) is 1. The summed E-state index contributed by atoms with van der Waals surface area (Å²) in [5.74, 6) is 0.718. The Kier molecular flexibility index (Phi) is 2.94. The second-order valence-corrected chi connectivity index (χ2v) is 4.34. The van der Waals surface area contributed by atoms with Gasteiger partial charge in [-0.15, -0.1) is 0 Å². The highest BCUT2D eigenvalue weighted by Gasteiger charge is 2.15. The lowest BCUT2D eigenvalue weighted by Crippen LogP contribution is -2.11. The number of nitrogens with one attached hydrogen (secondary N) is 1. The van der Waals surface area contributed by atoms with Crippen LogP contribution in [0.2, 0.25) is 5.02 Å². The largest absolute Gasteiger partial charge is 0.399 e. The van der Waals surface area contributed by atoms with Crippen molar-refractivity contribution in [3.63, 3.8) is 0 Å². The van der Waals surface area contributed by atoms with Gasteiger partial charge in [0, 0.05) is 10.7 Å². The van der Waals surface area contributed by atoms with E-state index in [1.54, 1.807) is 0 Å². The van der Waals surface area contributed by atoms with Gasteiger partial charge in [-0.05, 0) is 55.6 Å². The quantitative estimate of drug-likeness (QED) is 0.734. The Hall–Kier alpha value is -0.730. The molecule has 1 aromatic rings. The van der Waals surface area contributed by atoms with Crippen LogP contribution >= 0.6 is 11.6 Å². The van der Waals surface area contributed by atoms with E-state index in [1.807, 2.05) is 18.2 Å². The molecular weight excluding hydrogens is 196 g/mol. The lowest BCUT2D eigenvalue weighted by atomic mass is 9.97. The molecule has 3 heteroatoms. The van der Waals surface area contributed by atoms with E-state index in [4.69, 9.17) is 17.3 Å². The highest BCUT2D eigenvalue weighted by Crippen LogP contribution is 2.23. The maximum absolute atomic E-state index is 5.93. The molecule has 0 aliphatic carbocycles. The molecule has 0 aromatic heterocycles. The Balaban J connectivity index is 2.10. The average Bonchev–Trinajstić information content (AvgIpc) is 2.64. The summed E-state index contributed by atoms with van der Waals surface area (Å²) in [6, 6.07) is 5.71. The lowest BCUT2D eigenvalue weighted by molar-refractivity contribution is 0.581. The van der Waals surface area contributed by atoms with Gasteiger partial charge < -0.3 is 11.1 Å². The second kappa shape index (κ2) is 4.20. The third-order valence-electron chi connectivity index (χ3n) is 2.78. The predicted molar refractivity (Wildman–Crippen MR) is 60.5 cm³/mol. The standard InChI is InChI=1S/C11H15ClN2/c12-10-1-2-11(13)9(6-10)5-8-3-4-14-7-8/h1-2,6,8,14H,3-5,7,13H2. The van der Waals surface area contributed by atoms with E-state index in [0.29, 0.717) is 0 Å². The van der Waals surface area contributed by atoms with Crippen LogP contribution in [0.25, 0.3) is 0 Å². The zero-order chi connectivity index (χ0) is 9.97. The number of nitrogen functional groups attached to an aromatic ring is 1. The summed E-state index contributed by atoms with van der Waals surface area (Å²) in [4.78, 5) is 0. The Morgan fingerprint density at radius 2 is 2.36 bits per heavy atom. The summed E-state index contributed by atoms with van der Waals surface area (Å²) in [5.41, 5.74) is 7.94. The normalized spacial score (nSPS) is 21.4. The Bertz CT molecular complexity index is 319. The summed E-state index contributed by atoms with van der Waals surface area (Å²) >= 11 is 5.93. The van der Waals surface area contributed by atoms with Gasteiger partial charge >= 0.3 is 0 Å². The molecular formula is C11H15ClN2. The van der Waals surface area contributed by atoms with Gasteiger partial charge in [0.1, 0.15) is 0 Å². The minimum absolute atomic E-state index is 0.718. The van der Waals surface area contributed by atoms with Crippen LogP contribution in [0, 0.1) is 5.92 Å². The van der Waals surface area contributed by atoms with E-state index >= 15 is 0 Å². The van der Waals surface area contributed by atoms with Gasteiger partial charge in [0.05, 0.1) is 0 Å². The first-order valence-corrected chi connectivity index (χ1v) is 5.38. The molecule has 76 valence electrons. The van der Waals surface area contributed by atoms with Gasteiger partial charge in [0.15, 0.2) is 0 Å². The molecule has 0 amide bonds. The minimum Gasteiger partial charge on any atom is -0.399 e. The van der Waals surface area contributed by atoms with Gasteiger partial charge in [0.25, 0.3) is 0 Å². The number of halogens is 1. The monoisotopic (exact) mass is 210 g/mol.